The van der Waals surface area contributed by atoms with Crippen molar-refractivity contribution in [2.24, 2.45) is 4.99 Å². The molecule has 1 aliphatic heterocycles. The molecule has 0 saturated carbocycles. The van der Waals surface area contributed by atoms with Gasteiger partial charge in [0.25, 0.3) is 0 Å². The fraction of sp³-hybridized carbons (Fsp3) is 0.444. The van der Waals surface area contributed by atoms with E-state index >= 15 is 0 Å². The maximum absolute atomic E-state index is 12.2. The molecule has 9 heteroatoms. The predicted molar refractivity (Wildman–Crippen MR) is 96.5 cm³/mol. The molecule has 1 aromatic carbocycles. The maximum atomic E-state index is 12.2. The zero-order chi connectivity index (χ0) is 20.8. The van der Waals surface area contributed by atoms with Crippen LogP contribution in [0.1, 0.15) is 39.3 Å². The summed E-state index contributed by atoms with van der Waals surface area (Å²) in [6.45, 7) is 7.45. The van der Waals surface area contributed by atoms with Crippen molar-refractivity contribution >= 4 is 11.7 Å². The maximum Gasteiger partial charge on any atom is 0.573 e. The van der Waals surface area contributed by atoms with Gasteiger partial charge in [-0.25, -0.2) is 4.79 Å². The van der Waals surface area contributed by atoms with Crippen LogP contribution in [0.4, 0.5) is 13.2 Å². The third-order valence-electron chi connectivity index (χ3n) is 3.12. The molecule has 0 bridgehead atoms. The van der Waals surface area contributed by atoms with Gasteiger partial charge in [0.15, 0.2) is 0 Å². The molecular formula is C18H23F3N3O3-. The van der Waals surface area contributed by atoms with Gasteiger partial charge < -0.3 is 20.5 Å². The monoisotopic (exact) mass is 386 g/mol. The van der Waals surface area contributed by atoms with Gasteiger partial charge in [-0.3, -0.25) is 4.99 Å². The van der Waals surface area contributed by atoms with Gasteiger partial charge in [0.1, 0.15) is 18.1 Å². The molecule has 150 valence electrons. The third kappa shape index (κ3) is 9.09. The average Bonchev–Trinajstić information content (AvgIpc) is 2.51. The summed E-state index contributed by atoms with van der Waals surface area (Å²) in [5, 5.41) is 8.80. The molecule has 1 aliphatic rings. The van der Waals surface area contributed by atoms with Crippen LogP contribution in [-0.4, -0.2) is 40.3 Å². The van der Waals surface area contributed by atoms with Crippen molar-refractivity contribution < 1.29 is 27.8 Å². The van der Waals surface area contributed by atoms with E-state index < -0.39 is 12.3 Å². The highest BCUT2D eigenvalue weighted by atomic mass is 19.4. The van der Waals surface area contributed by atoms with Crippen molar-refractivity contribution in [3.8, 4) is 5.75 Å². The van der Waals surface area contributed by atoms with E-state index in [-0.39, 0.29) is 29.7 Å². The molecule has 1 aromatic rings. The molecule has 0 spiro atoms. The fourth-order valence-electron chi connectivity index (χ4n) is 1.98. The van der Waals surface area contributed by atoms with E-state index in [2.05, 4.69) is 9.73 Å². The Morgan fingerprint density at radius 1 is 1.33 bits per heavy atom. The summed E-state index contributed by atoms with van der Waals surface area (Å²) < 4.78 is 40.6. The Morgan fingerprint density at radius 2 is 1.93 bits per heavy atom. The number of aliphatic carboxylic acids is 1. The van der Waals surface area contributed by atoms with Gasteiger partial charge in [-0.05, 0) is 30.7 Å². The smallest absolute Gasteiger partial charge is 0.573 e. The number of nitrogens with one attached hydrogen (secondary N) is 1. The second-order valence-electron chi connectivity index (χ2n) is 6.87. The lowest BCUT2D eigenvalue weighted by atomic mass is 10.1. The minimum atomic E-state index is -4.74. The van der Waals surface area contributed by atoms with Gasteiger partial charge in [0, 0.05) is 6.20 Å². The van der Waals surface area contributed by atoms with Crippen LogP contribution in [0, 0.1) is 0 Å². The van der Waals surface area contributed by atoms with Crippen molar-refractivity contribution in [2.75, 3.05) is 6.67 Å². The first-order chi connectivity index (χ1) is 12.3. The lowest BCUT2D eigenvalue weighted by molar-refractivity contribution is -0.274. The van der Waals surface area contributed by atoms with Gasteiger partial charge >= 0.3 is 12.3 Å². The fourth-order valence-corrected chi connectivity index (χ4v) is 1.98. The van der Waals surface area contributed by atoms with Crippen molar-refractivity contribution in [3.05, 3.63) is 47.8 Å². The number of ether oxygens (including phenoxy) is 1. The van der Waals surface area contributed by atoms with E-state index in [0.29, 0.717) is 5.56 Å². The first kappa shape index (κ1) is 22.5. The molecule has 0 saturated heterocycles. The molecule has 6 nitrogen and oxygen atoms in total. The first-order valence-corrected chi connectivity index (χ1v) is 8.08. The molecule has 1 heterocycles. The van der Waals surface area contributed by atoms with Gasteiger partial charge in [0.2, 0.25) is 0 Å². The van der Waals surface area contributed by atoms with E-state index in [1.807, 2.05) is 20.8 Å². The third-order valence-corrected chi connectivity index (χ3v) is 3.12. The molecule has 2 N–H and O–H groups in total. The molecule has 1 atom stereocenters. The quantitative estimate of drug-likeness (QED) is 0.806. The zero-order valence-electron chi connectivity index (χ0n) is 15.5. The highest BCUT2D eigenvalue weighted by molar-refractivity contribution is 6.40. The van der Waals surface area contributed by atoms with Crippen LogP contribution in [-0.2, 0) is 4.79 Å². The molecule has 0 radical (unpaired) electrons. The number of carboxylic acid groups (broad SMARTS) is 1. The van der Waals surface area contributed by atoms with Crippen molar-refractivity contribution in [1.82, 2.24) is 4.90 Å². The van der Waals surface area contributed by atoms with E-state index in [1.165, 1.54) is 24.3 Å². The van der Waals surface area contributed by atoms with Crippen LogP contribution in [0.5, 0.6) is 5.75 Å². The molecule has 1 unspecified atom stereocenters. The van der Waals surface area contributed by atoms with Crippen LogP contribution in [0.2, 0.25) is 0 Å². The van der Waals surface area contributed by atoms with Crippen LogP contribution in [0.25, 0.3) is 5.73 Å². The number of nitrogens with zero attached hydrogens (tertiary/aromatic N) is 2. The number of alkyl halides is 3. The lowest BCUT2D eigenvalue weighted by Gasteiger charge is -2.28. The number of carbonyl (C=O) groups is 1. The number of carboxylic acids is 1. The van der Waals surface area contributed by atoms with Crippen LogP contribution >= 0.6 is 0 Å². The molecule has 27 heavy (non-hydrogen) atoms. The van der Waals surface area contributed by atoms with E-state index in [1.54, 1.807) is 24.1 Å². The van der Waals surface area contributed by atoms with Crippen LogP contribution in [0.15, 0.2) is 41.5 Å². The Hall–Kier alpha value is -2.55. The Morgan fingerprint density at radius 3 is 2.37 bits per heavy atom. The van der Waals surface area contributed by atoms with Gasteiger partial charge in [-0.2, -0.15) is 0 Å². The van der Waals surface area contributed by atoms with Crippen LogP contribution in [0.3, 0.4) is 0 Å². The Labute approximate surface area is 156 Å². The van der Waals surface area contributed by atoms with E-state index in [9.17, 15) is 18.0 Å². The van der Waals surface area contributed by atoms with Gasteiger partial charge in [0.05, 0.1) is 6.04 Å². The summed E-state index contributed by atoms with van der Waals surface area (Å²) >= 11 is 0. The second-order valence-corrected chi connectivity index (χ2v) is 6.87. The zero-order valence-corrected chi connectivity index (χ0v) is 15.5. The summed E-state index contributed by atoms with van der Waals surface area (Å²) in [6.07, 6.45) is -1.84. The van der Waals surface area contributed by atoms with E-state index in [0.717, 1.165) is 0 Å². The Bertz CT molecular complexity index is 704. The normalized spacial score (nSPS) is 15.4. The standard InChI is InChI=1S/C14H13F3N2O3.C4H10N/c1-9(19-6-5-12(13(20)21)18-8-19)10-3-2-4-11(7-10)22-14(15,16)17;1-4(2,3)5/h2-7,9H,8H2,1H3,(H,20,21);5H,1-3H3/q;-1. The topological polar surface area (TPSA) is 85.9 Å². The number of halogens is 3. The summed E-state index contributed by atoms with van der Waals surface area (Å²) in [5.74, 6) is -1.42. The number of hydrogen-bond acceptors (Lipinski definition) is 4. The van der Waals surface area contributed by atoms with E-state index in [4.69, 9.17) is 10.8 Å². The lowest BCUT2D eigenvalue weighted by Crippen LogP contribution is -2.27. The minimum Gasteiger partial charge on any atom is -0.673 e. The predicted octanol–water partition coefficient (Wildman–Crippen LogP) is 4.80. The van der Waals surface area contributed by atoms with Crippen molar-refractivity contribution in [2.45, 2.75) is 45.6 Å². The molecule has 0 amide bonds. The summed E-state index contributed by atoms with van der Waals surface area (Å²) in [7, 11) is 0. The highest BCUT2D eigenvalue weighted by Crippen LogP contribution is 2.28. The number of aliphatic imine (C=N–C) groups is 1. The number of benzene rings is 1. The number of hydrogen-bond donors (Lipinski definition) is 1. The first-order valence-electron chi connectivity index (χ1n) is 8.08. The molecular weight excluding hydrogens is 363 g/mol. The largest absolute Gasteiger partial charge is 0.673 e. The molecule has 0 aliphatic carbocycles. The molecule has 0 aromatic heterocycles. The summed E-state index contributed by atoms with van der Waals surface area (Å²) in [6, 6.07) is 5.36. The molecule has 0 fully saturated rings. The van der Waals surface area contributed by atoms with Gasteiger partial charge in [-0.1, -0.05) is 32.9 Å². The Kier molecular flexibility index (Phi) is 7.41. The van der Waals surface area contributed by atoms with Crippen molar-refractivity contribution in [3.63, 3.8) is 0 Å². The molecule has 2 rings (SSSR count). The summed E-state index contributed by atoms with van der Waals surface area (Å²) in [5.41, 5.74) is 7.23. The minimum absolute atomic E-state index is 0.0578. The average molecular weight is 386 g/mol. The number of rotatable bonds is 4. The van der Waals surface area contributed by atoms with Gasteiger partial charge in [-0.15, -0.1) is 18.7 Å². The SMILES string of the molecule is CC(C)(C)[NH-].CC(c1cccc(OC(F)(F)F)c1)N1C=CC(C(=O)O)=NC1. The van der Waals surface area contributed by atoms with Crippen LogP contribution < -0.4 is 4.74 Å². The second kappa shape index (κ2) is 8.90. The van der Waals surface area contributed by atoms with Crippen molar-refractivity contribution in [1.29, 1.82) is 0 Å². The summed E-state index contributed by atoms with van der Waals surface area (Å²) in [4.78, 5) is 16.3. The Balaban J connectivity index is 0.000000646. The highest BCUT2D eigenvalue weighted by Gasteiger charge is 2.31.